The molecule has 1 aromatic rings. The van der Waals surface area contributed by atoms with E-state index in [2.05, 4.69) is 0 Å². The molecule has 0 amide bonds. The van der Waals surface area contributed by atoms with Crippen molar-refractivity contribution >= 4 is 33.3 Å². The summed E-state index contributed by atoms with van der Waals surface area (Å²) in [6.45, 7) is 2.03. The van der Waals surface area contributed by atoms with Crippen LogP contribution in [-0.2, 0) is 14.8 Å². The normalized spacial score (nSPS) is 11.6. The Kier molecular flexibility index (Phi) is 5.26. The van der Waals surface area contributed by atoms with Crippen LogP contribution in [0.4, 0.5) is 5.69 Å². The second-order valence-electron chi connectivity index (χ2n) is 4.13. The number of hydrogen-bond donors (Lipinski definition) is 1. The molecular formula is C11H13ClN2O6S. The summed E-state index contributed by atoms with van der Waals surface area (Å²) in [5.41, 5.74) is -0.297. The van der Waals surface area contributed by atoms with E-state index in [1.807, 2.05) is 0 Å². The molecule has 0 aliphatic carbocycles. The van der Waals surface area contributed by atoms with Crippen LogP contribution in [0.1, 0.15) is 12.5 Å². The summed E-state index contributed by atoms with van der Waals surface area (Å²) in [6, 6.07) is 1.95. The number of nitrogens with zero attached hydrogens (tertiary/aromatic N) is 2. The number of hydrogen-bond acceptors (Lipinski definition) is 5. The van der Waals surface area contributed by atoms with Gasteiger partial charge in [0.25, 0.3) is 5.69 Å². The number of carbonyl (C=O) groups is 1. The molecule has 0 aromatic heterocycles. The number of carboxylic acid groups (broad SMARTS) is 1. The van der Waals surface area contributed by atoms with Crippen LogP contribution in [0.5, 0.6) is 0 Å². The lowest BCUT2D eigenvalue weighted by Crippen LogP contribution is -2.35. The predicted octanol–water partition coefficient (Wildman–Crippen LogP) is 1.65. The minimum Gasteiger partial charge on any atom is -0.480 e. The van der Waals surface area contributed by atoms with Gasteiger partial charge in [-0.15, -0.1) is 0 Å². The van der Waals surface area contributed by atoms with E-state index >= 15 is 0 Å². The molecule has 0 unspecified atom stereocenters. The van der Waals surface area contributed by atoms with Crippen LogP contribution in [-0.4, -0.2) is 41.8 Å². The molecule has 0 radical (unpaired) electrons. The molecule has 0 saturated carbocycles. The number of likely N-dealkylation sites (N-methyl/N-ethyl adjacent to an activating group) is 1. The van der Waals surface area contributed by atoms with Crippen LogP contribution < -0.4 is 0 Å². The van der Waals surface area contributed by atoms with Gasteiger partial charge in [0.05, 0.1) is 14.8 Å². The van der Waals surface area contributed by atoms with E-state index in [1.165, 1.54) is 13.8 Å². The summed E-state index contributed by atoms with van der Waals surface area (Å²) in [4.78, 5) is 20.5. The van der Waals surface area contributed by atoms with Crippen LogP contribution in [0.15, 0.2) is 17.0 Å². The number of benzene rings is 1. The average molecular weight is 337 g/mol. The zero-order valence-electron chi connectivity index (χ0n) is 11.2. The minimum absolute atomic E-state index is 0.0749. The van der Waals surface area contributed by atoms with Crippen LogP contribution in [0.2, 0.25) is 5.02 Å². The van der Waals surface area contributed by atoms with E-state index in [-0.39, 0.29) is 17.1 Å². The lowest BCUT2D eigenvalue weighted by atomic mass is 10.2. The molecule has 0 atom stereocenters. The van der Waals surface area contributed by atoms with Crippen molar-refractivity contribution in [3.8, 4) is 0 Å². The van der Waals surface area contributed by atoms with Gasteiger partial charge in [-0.1, -0.05) is 18.5 Å². The summed E-state index contributed by atoms with van der Waals surface area (Å²) in [5, 5.41) is 19.6. The smallest absolute Gasteiger partial charge is 0.318 e. The van der Waals surface area contributed by atoms with Crippen molar-refractivity contribution in [1.82, 2.24) is 4.31 Å². The second kappa shape index (κ2) is 6.37. The van der Waals surface area contributed by atoms with Gasteiger partial charge in [0.15, 0.2) is 0 Å². The summed E-state index contributed by atoms with van der Waals surface area (Å²) >= 11 is 5.82. The summed E-state index contributed by atoms with van der Waals surface area (Å²) in [5.74, 6) is -1.33. The highest BCUT2D eigenvalue weighted by Crippen LogP contribution is 2.30. The lowest BCUT2D eigenvalue weighted by molar-refractivity contribution is -0.385. The molecule has 1 rings (SSSR count). The third kappa shape index (κ3) is 3.69. The van der Waals surface area contributed by atoms with Crippen LogP contribution in [0, 0.1) is 17.0 Å². The van der Waals surface area contributed by atoms with Gasteiger partial charge in [-0.2, -0.15) is 4.31 Å². The number of sulfonamides is 1. The lowest BCUT2D eigenvalue weighted by Gasteiger charge is -2.18. The van der Waals surface area contributed by atoms with Gasteiger partial charge in [0.1, 0.15) is 6.54 Å². The number of rotatable bonds is 6. The maximum Gasteiger partial charge on any atom is 0.318 e. The quantitative estimate of drug-likeness (QED) is 0.623. The van der Waals surface area contributed by atoms with Crippen molar-refractivity contribution in [3.63, 3.8) is 0 Å². The van der Waals surface area contributed by atoms with Crippen molar-refractivity contribution < 1.29 is 23.2 Å². The molecule has 0 bridgehead atoms. The maximum absolute atomic E-state index is 12.3. The molecule has 10 heteroatoms. The van der Waals surface area contributed by atoms with Gasteiger partial charge in [-0.25, -0.2) is 8.42 Å². The number of nitro groups is 1. The molecule has 0 fully saturated rings. The fourth-order valence-electron chi connectivity index (χ4n) is 1.65. The van der Waals surface area contributed by atoms with Gasteiger partial charge in [0, 0.05) is 18.2 Å². The number of carboxylic acids is 1. The summed E-state index contributed by atoms with van der Waals surface area (Å²) in [7, 11) is -4.18. The fraction of sp³-hybridized carbons (Fsp3) is 0.364. The average Bonchev–Trinajstić information content (AvgIpc) is 2.37. The van der Waals surface area contributed by atoms with E-state index in [1.54, 1.807) is 0 Å². The Morgan fingerprint density at radius 3 is 2.48 bits per heavy atom. The third-order valence-electron chi connectivity index (χ3n) is 2.79. The molecule has 1 N–H and O–H groups in total. The first kappa shape index (κ1) is 17.3. The van der Waals surface area contributed by atoms with E-state index in [0.29, 0.717) is 4.31 Å². The molecule has 1 aromatic carbocycles. The van der Waals surface area contributed by atoms with Crippen molar-refractivity contribution in [2.45, 2.75) is 18.7 Å². The number of nitro benzene ring substituents is 1. The Hall–Kier alpha value is -1.71. The molecular weight excluding hydrogens is 324 g/mol. The molecule has 0 aliphatic rings. The van der Waals surface area contributed by atoms with Gasteiger partial charge in [0.2, 0.25) is 10.0 Å². The van der Waals surface area contributed by atoms with Crippen LogP contribution >= 0.6 is 11.6 Å². The van der Waals surface area contributed by atoms with Crippen LogP contribution in [0.25, 0.3) is 0 Å². The monoisotopic (exact) mass is 336 g/mol. The molecule has 21 heavy (non-hydrogen) atoms. The zero-order chi connectivity index (χ0) is 16.4. The Morgan fingerprint density at radius 2 is 2.05 bits per heavy atom. The highest BCUT2D eigenvalue weighted by Gasteiger charge is 2.28. The largest absolute Gasteiger partial charge is 0.480 e. The molecule has 8 nitrogen and oxygen atoms in total. The highest BCUT2D eigenvalue weighted by molar-refractivity contribution is 7.89. The van der Waals surface area contributed by atoms with Crippen molar-refractivity contribution in [3.05, 3.63) is 32.8 Å². The molecule has 0 spiro atoms. The summed E-state index contributed by atoms with van der Waals surface area (Å²) in [6.07, 6.45) is 0. The van der Waals surface area contributed by atoms with Gasteiger partial charge in [-0.05, 0) is 13.0 Å². The van der Waals surface area contributed by atoms with Gasteiger partial charge >= 0.3 is 5.97 Å². The van der Waals surface area contributed by atoms with Gasteiger partial charge < -0.3 is 5.11 Å². The van der Waals surface area contributed by atoms with Gasteiger partial charge in [-0.3, -0.25) is 14.9 Å². The Bertz CT molecular complexity index is 688. The Balaban J connectivity index is 3.44. The van der Waals surface area contributed by atoms with E-state index in [0.717, 1.165) is 12.1 Å². The predicted molar refractivity (Wildman–Crippen MR) is 74.9 cm³/mol. The Labute approximate surface area is 126 Å². The van der Waals surface area contributed by atoms with Crippen molar-refractivity contribution in [2.75, 3.05) is 13.1 Å². The Morgan fingerprint density at radius 1 is 1.48 bits per heavy atom. The first-order valence-corrected chi connectivity index (χ1v) is 7.59. The molecule has 0 heterocycles. The van der Waals surface area contributed by atoms with E-state index in [4.69, 9.17) is 16.7 Å². The second-order valence-corrected chi connectivity index (χ2v) is 6.48. The van der Waals surface area contributed by atoms with Crippen molar-refractivity contribution in [2.24, 2.45) is 0 Å². The van der Waals surface area contributed by atoms with E-state index < -0.39 is 38.0 Å². The first-order chi connectivity index (χ1) is 9.61. The molecule has 116 valence electrons. The first-order valence-electron chi connectivity index (χ1n) is 5.77. The third-order valence-corrected chi connectivity index (χ3v) is 5.08. The standard InChI is InChI=1S/C11H13ClN2O6S/c1-3-13(6-11(15)16)21(19,20)8-4-9(12)7(2)10(5-8)14(17)18/h4-5H,3,6H2,1-2H3,(H,15,16). The fourth-order valence-corrected chi connectivity index (χ4v) is 3.37. The van der Waals surface area contributed by atoms with Crippen LogP contribution in [0.3, 0.4) is 0 Å². The number of halogens is 1. The topological polar surface area (TPSA) is 118 Å². The molecule has 0 saturated heterocycles. The van der Waals surface area contributed by atoms with E-state index in [9.17, 15) is 23.3 Å². The molecule has 0 aliphatic heterocycles. The number of aliphatic carboxylic acids is 1. The highest BCUT2D eigenvalue weighted by atomic mass is 35.5. The maximum atomic E-state index is 12.3. The van der Waals surface area contributed by atoms with Crippen molar-refractivity contribution in [1.29, 1.82) is 0 Å². The minimum atomic E-state index is -4.18. The zero-order valence-corrected chi connectivity index (χ0v) is 12.8. The summed E-state index contributed by atoms with van der Waals surface area (Å²) < 4.78 is 25.3. The SMILES string of the molecule is CCN(CC(=O)O)S(=O)(=O)c1cc(Cl)c(C)c([N+](=O)[O-])c1.